The summed E-state index contributed by atoms with van der Waals surface area (Å²) < 4.78 is 31.1. The van der Waals surface area contributed by atoms with E-state index in [1.807, 2.05) is 0 Å². The molecule has 1 unspecified atom stereocenters. The Morgan fingerprint density at radius 1 is 1.13 bits per heavy atom. The zero-order valence-corrected chi connectivity index (χ0v) is 17.8. The van der Waals surface area contributed by atoms with Gasteiger partial charge in [0.05, 0.1) is 26.2 Å². The first-order valence-corrected chi connectivity index (χ1v) is 10.4. The lowest BCUT2D eigenvalue weighted by Crippen LogP contribution is -2.30. The van der Waals surface area contributed by atoms with Gasteiger partial charge in [-0.3, -0.25) is 14.9 Å². The molecule has 0 bridgehead atoms. The monoisotopic (exact) mass is 475 g/mol. The van der Waals surface area contributed by atoms with E-state index in [0.717, 1.165) is 18.2 Å². The number of carbonyl (C=O) groups is 2. The number of nitro groups is 1. The molecule has 13 heteroatoms. The number of carbonyl (C=O) groups excluding carboxylic acids is 2. The molecule has 2 N–H and O–H groups in total. The van der Waals surface area contributed by atoms with Crippen LogP contribution < -0.4 is 10.0 Å². The van der Waals surface area contributed by atoms with Crippen LogP contribution in [0.1, 0.15) is 17.3 Å². The minimum atomic E-state index is -3.92. The number of halogens is 2. The maximum Gasteiger partial charge on any atom is 0.338 e. The standard InChI is InChI=1S/C17H15Cl2N3O7S/c1-9(16(23)21-14-6-4-11(22(25)26)8-13(14)19)29-17(24)10-3-5-12(18)15(7-10)30(27,28)20-2/h3-9,20H,1-2H3,(H,21,23). The van der Waals surface area contributed by atoms with Gasteiger partial charge in [-0.1, -0.05) is 23.2 Å². The number of sulfonamides is 1. The lowest BCUT2D eigenvalue weighted by molar-refractivity contribution is -0.384. The van der Waals surface area contributed by atoms with Crippen LogP contribution in [0.5, 0.6) is 0 Å². The number of hydrogen-bond donors (Lipinski definition) is 2. The molecule has 2 aromatic rings. The maximum absolute atomic E-state index is 12.3. The quantitative estimate of drug-likeness (QED) is 0.355. The second-order valence-electron chi connectivity index (χ2n) is 5.81. The fourth-order valence-electron chi connectivity index (χ4n) is 2.18. The minimum absolute atomic E-state index is 0.0734. The van der Waals surface area contributed by atoms with Crippen LogP contribution in [-0.2, 0) is 19.6 Å². The number of hydrogen-bond acceptors (Lipinski definition) is 7. The van der Waals surface area contributed by atoms with E-state index in [1.54, 1.807) is 0 Å². The van der Waals surface area contributed by atoms with Crippen molar-refractivity contribution < 1.29 is 27.7 Å². The maximum atomic E-state index is 12.3. The van der Waals surface area contributed by atoms with E-state index in [0.29, 0.717) is 0 Å². The number of esters is 1. The van der Waals surface area contributed by atoms with E-state index in [1.165, 1.54) is 32.2 Å². The van der Waals surface area contributed by atoms with Gasteiger partial charge in [-0.05, 0) is 38.2 Å². The second-order valence-corrected chi connectivity index (χ2v) is 8.48. The summed E-state index contributed by atoms with van der Waals surface area (Å²) in [6.45, 7) is 1.29. The van der Waals surface area contributed by atoms with Crippen molar-refractivity contribution in [2.75, 3.05) is 12.4 Å². The lowest BCUT2D eigenvalue weighted by atomic mass is 10.2. The summed E-state index contributed by atoms with van der Waals surface area (Å²) in [5, 5.41) is 12.9. The average molecular weight is 476 g/mol. The van der Waals surface area contributed by atoms with Gasteiger partial charge in [-0.25, -0.2) is 17.9 Å². The molecule has 0 saturated carbocycles. The normalized spacial score (nSPS) is 12.1. The molecule has 1 atom stereocenters. The van der Waals surface area contributed by atoms with E-state index in [2.05, 4.69) is 10.0 Å². The van der Waals surface area contributed by atoms with E-state index < -0.39 is 32.9 Å². The highest BCUT2D eigenvalue weighted by molar-refractivity contribution is 7.89. The third-order valence-corrected chi connectivity index (χ3v) is 6.01. The molecule has 0 aromatic heterocycles. The molecule has 2 rings (SSSR count). The number of nitrogens with zero attached hydrogens (tertiary/aromatic N) is 1. The SMILES string of the molecule is CNS(=O)(=O)c1cc(C(=O)OC(C)C(=O)Nc2ccc([N+](=O)[O-])cc2Cl)ccc1Cl. The summed E-state index contributed by atoms with van der Waals surface area (Å²) >= 11 is 11.8. The Morgan fingerprint density at radius 2 is 1.80 bits per heavy atom. The van der Waals surface area contributed by atoms with Gasteiger partial charge in [0, 0.05) is 12.1 Å². The first-order chi connectivity index (χ1) is 14.0. The molecule has 30 heavy (non-hydrogen) atoms. The van der Waals surface area contributed by atoms with Gasteiger partial charge in [-0.15, -0.1) is 0 Å². The zero-order valence-electron chi connectivity index (χ0n) is 15.5. The van der Waals surface area contributed by atoms with Crippen LogP contribution in [0.15, 0.2) is 41.3 Å². The van der Waals surface area contributed by atoms with Crippen LogP contribution in [0.4, 0.5) is 11.4 Å². The summed E-state index contributed by atoms with van der Waals surface area (Å²) in [6.07, 6.45) is -1.29. The number of amides is 1. The first kappa shape index (κ1) is 23.5. The Morgan fingerprint density at radius 3 is 2.37 bits per heavy atom. The van der Waals surface area contributed by atoms with E-state index >= 15 is 0 Å². The molecule has 0 aliphatic heterocycles. The number of rotatable bonds is 7. The van der Waals surface area contributed by atoms with Gasteiger partial charge in [0.25, 0.3) is 11.6 Å². The molecule has 2 aromatic carbocycles. The summed E-state index contributed by atoms with van der Waals surface area (Å²) in [7, 11) is -2.73. The highest BCUT2D eigenvalue weighted by Gasteiger charge is 2.23. The van der Waals surface area contributed by atoms with Crippen molar-refractivity contribution in [1.82, 2.24) is 4.72 Å². The van der Waals surface area contributed by atoms with Crippen molar-refractivity contribution in [3.05, 3.63) is 62.1 Å². The van der Waals surface area contributed by atoms with Gasteiger partial charge < -0.3 is 10.1 Å². The van der Waals surface area contributed by atoms with Crippen molar-refractivity contribution in [2.45, 2.75) is 17.9 Å². The van der Waals surface area contributed by atoms with Crippen LogP contribution in [-0.4, -0.2) is 38.4 Å². The average Bonchev–Trinajstić information content (AvgIpc) is 2.69. The molecular weight excluding hydrogens is 461 g/mol. The summed E-state index contributed by atoms with van der Waals surface area (Å²) in [6, 6.07) is 6.93. The van der Waals surface area contributed by atoms with Gasteiger partial charge >= 0.3 is 5.97 Å². The van der Waals surface area contributed by atoms with Crippen molar-refractivity contribution in [3.8, 4) is 0 Å². The van der Waals surface area contributed by atoms with Crippen molar-refractivity contribution >= 4 is 56.5 Å². The van der Waals surface area contributed by atoms with Crippen LogP contribution >= 0.6 is 23.2 Å². The second kappa shape index (κ2) is 9.39. The Bertz CT molecular complexity index is 1120. The van der Waals surface area contributed by atoms with Gasteiger partial charge in [0.2, 0.25) is 10.0 Å². The van der Waals surface area contributed by atoms with E-state index in [-0.39, 0.29) is 31.9 Å². The number of ether oxygens (including phenoxy) is 1. The molecule has 0 radical (unpaired) electrons. The van der Waals surface area contributed by atoms with Gasteiger partial charge in [-0.2, -0.15) is 0 Å². The summed E-state index contributed by atoms with van der Waals surface area (Å²) in [5.41, 5.74) is -0.308. The van der Waals surface area contributed by atoms with Crippen LogP contribution in [0.2, 0.25) is 10.0 Å². The van der Waals surface area contributed by atoms with E-state index in [4.69, 9.17) is 27.9 Å². The minimum Gasteiger partial charge on any atom is -0.449 e. The summed E-state index contributed by atoms with van der Waals surface area (Å²) in [4.78, 5) is 34.3. The summed E-state index contributed by atoms with van der Waals surface area (Å²) in [5.74, 6) is -1.71. The Balaban J connectivity index is 2.13. The molecular formula is C17H15Cl2N3O7S. The topological polar surface area (TPSA) is 145 Å². The molecule has 0 aliphatic carbocycles. The number of nitro benzene ring substituents is 1. The fraction of sp³-hybridized carbons (Fsp3) is 0.176. The molecule has 0 heterocycles. The first-order valence-electron chi connectivity index (χ1n) is 8.15. The number of benzene rings is 2. The van der Waals surface area contributed by atoms with Crippen molar-refractivity contribution in [1.29, 1.82) is 0 Å². The number of non-ortho nitro benzene ring substituents is 1. The van der Waals surface area contributed by atoms with Crippen LogP contribution in [0.25, 0.3) is 0 Å². The predicted molar refractivity (Wildman–Crippen MR) is 109 cm³/mol. The van der Waals surface area contributed by atoms with Gasteiger partial charge in [0.1, 0.15) is 4.90 Å². The third-order valence-electron chi connectivity index (χ3n) is 3.80. The molecule has 0 fully saturated rings. The van der Waals surface area contributed by atoms with Crippen molar-refractivity contribution in [3.63, 3.8) is 0 Å². The highest BCUT2D eigenvalue weighted by atomic mass is 35.5. The fourth-order valence-corrected chi connectivity index (χ4v) is 3.65. The Labute approximate surface area is 181 Å². The zero-order chi connectivity index (χ0) is 22.6. The Hall–Kier alpha value is -2.73. The molecule has 0 spiro atoms. The number of anilines is 1. The smallest absolute Gasteiger partial charge is 0.338 e. The molecule has 160 valence electrons. The third kappa shape index (κ3) is 5.45. The number of nitrogens with one attached hydrogen (secondary N) is 2. The predicted octanol–water partition coefficient (Wildman–Crippen LogP) is 2.99. The highest BCUT2D eigenvalue weighted by Crippen LogP contribution is 2.27. The molecule has 1 amide bonds. The van der Waals surface area contributed by atoms with E-state index in [9.17, 15) is 28.1 Å². The lowest BCUT2D eigenvalue weighted by Gasteiger charge is -2.15. The van der Waals surface area contributed by atoms with Crippen molar-refractivity contribution in [2.24, 2.45) is 0 Å². The molecule has 0 saturated heterocycles. The molecule has 10 nitrogen and oxygen atoms in total. The molecule has 0 aliphatic rings. The largest absolute Gasteiger partial charge is 0.449 e. The van der Waals surface area contributed by atoms with Crippen LogP contribution in [0.3, 0.4) is 0 Å². The van der Waals surface area contributed by atoms with Gasteiger partial charge in [0.15, 0.2) is 6.10 Å². The van der Waals surface area contributed by atoms with Crippen LogP contribution in [0, 0.1) is 10.1 Å². The Kier molecular flexibility index (Phi) is 7.37.